The number of nitrogens with zero attached hydrogens (tertiary/aromatic N) is 1. The van der Waals surface area contributed by atoms with E-state index in [2.05, 4.69) is 24.2 Å². The molecule has 5 atom stereocenters. The molecule has 37 heavy (non-hydrogen) atoms. The van der Waals surface area contributed by atoms with Gasteiger partial charge in [-0.25, -0.2) is 4.79 Å². The van der Waals surface area contributed by atoms with Crippen LogP contribution >= 0.6 is 0 Å². The first kappa shape index (κ1) is 25.9. The van der Waals surface area contributed by atoms with Gasteiger partial charge in [-0.15, -0.1) is 0 Å². The Morgan fingerprint density at radius 2 is 1.97 bits per heavy atom. The van der Waals surface area contributed by atoms with Crippen LogP contribution in [-0.2, 0) is 19.1 Å². The normalized spacial score (nSPS) is 33.0. The highest BCUT2D eigenvalue weighted by atomic mass is 16.8. The van der Waals surface area contributed by atoms with Gasteiger partial charge in [0.2, 0.25) is 0 Å². The highest BCUT2D eigenvalue weighted by Crippen LogP contribution is 2.66. The van der Waals surface area contributed by atoms with Gasteiger partial charge in [0.1, 0.15) is 0 Å². The van der Waals surface area contributed by atoms with Crippen molar-refractivity contribution in [2.45, 2.75) is 70.3 Å². The van der Waals surface area contributed by atoms with Gasteiger partial charge in [-0.1, -0.05) is 41.9 Å². The van der Waals surface area contributed by atoms with Gasteiger partial charge in [0.15, 0.2) is 5.78 Å². The number of hydrogen-bond acceptors (Lipinski definition) is 7. The van der Waals surface area contributed by atoms with Gasteiger partial charge >= 0.3 is 6.16 Å². The smallest absolute Gasteiger partial charge is 0.433 e. The van der Waals surface area contributed by atoms with Crippen molar-refractivity contribution in [3.05, 3.63) is 58.2 Å². The minimum Gasteiger partial charge on any atom is -0.433 e. The van der Waals surface area contributed by atoms with Crippen LogP contribution in [0.1, 0.15) is 75.8 Å². The lowest BCUT2D eigenvalue weighted by Crippen LogP contribution is -2.53. The first-order valence-corrected chi connectivity index (χ1v) is 13.4. The quantitative estimate of drug-likeness (QED) is 0.237. The molecule has 1 aromatic carbocycles. The fraction of sp³-hybridized carbons (Fsp3) is 0.567. The zero-order valence-corrected chi connectivity index (χ0v) is 22.0. The lowest BCUT2D eigenvalue weighted by atomic mass is 9.51. The highest BCUT2D eigenvalue weighted by molar-refractivity contribution is 5.93. The van der Waals surface area contributed by atoms with Gasteiger partial charge in [-0.3, -0.25) is 9.63 Å². The zero-order chi connectivity index (χ0) is 26.2. The van der Waals surface area contributed by atoms with E-state index < -0.39 is 11.8 Å². The summed E-state index contributed by atoms with van der Waals surface area (Å²) in [5.74, 6) is 1.19. The third-order valence-electron chi connectivity index (χ3n) is 9.37. The van der Waals surface area contributed by atoms with Crippen LogP contribution in [0, 0.1) is 17.3 Å². The maximum Gasteiger partial charge on any atom is 0.535 e. The highest BCUT2D eigenvalue weighted by Gasteiger charge is 2.62. The van der Waals surface area contributed by atoms with Crippen molar-refractivity contribution >= 4 is 18.2 Å². The number of ketones is 1. The molecule has 4 aliphatic rings. The summed E-state index contributed by atoms with van der Waals surface area (Å²) in [6, 6.07) is 8.17. The van der Waals surface area contributed by atoms with E-state index >= 15 is 0 Å². The molecular weight excluding hydrogens is 470 g/mol. The molecule has 0 heterocycles. The van der Waals surface area contributed by atoms with Crippen LogP contribution < -0.4 is 0 Å². The average molecular weight is 508 g/mol. The Morgan fingerprint density at radius 1 is 1.19 bits per heavy atom. The summed E-state index contributed by atoms with van der Waals surface area (Å²) in [4.78, 5) is 28.3. The molecule has 0 aliphatic heterocycles. The number of benzene rings is 1. The molecule has 2 unspecified atom stereocenters. The monoisotopic (exact) mass is 507 g/mol. The molecule has 0 radical (unpaired) electrons. The van der Waals surface area contributed by atoms with Crippen molar-refractivity contribution in [2.24, 2.45) is 22.4 Å². The van der Waals surface area contributed by atoms with E-state index in [-0.39, 0.29) is 23.7 Å². The molecule has 1 aromatic rings. The maximum absolute atomic E-state index is 12.2. The number of ether oxygens (including phenoxy) is 2. The fourth-order valence-corrected chi connectivity index (χ4v) is 7.62. The van der Waals surface area contributed by atoms with Gasteiger partial charge in [0, 0.05) is 24.9 Å². The Balaban J connectivity index is 1.51. The minimum absolute atomic E-state index is 0.154. The molecule has 0 saturated heterocycles. The van der Waals surface area contributed by atoms with E-state index in [4.69, 9.17) is 14.3 Å². The number of hydrogen-bond donors (Lipinski definition) is 1. The predicted molar refractivity (Wildman–Crippen MR) is 139 cm³/mol. The Hall–Kier alpha value is -2.77. The molecule has 7 heteroatoms. The lowest BCUT2D eigenvalue weighted by Gasteiger charge is -2.54. The van der Waals surface area contributed by atoms with E-state index in [1.54, 1.807) is 14.0 Å². The largest absolute Gasteiger partial charge is 0.535 e. The molecule has 198 valence electrons. The van der Waals surface area contributed by atoms with Gasteiger partial charge in [-0.2, -0.15) is 0 Å². The molecule has 0 bridgehead atoms. The summed E-state index contributed by atoms with van der Waals surface area (Å²) in [7, 11) is 1.67. The van der Waals surface area contributed by atoms with E-state index in [9.17, 15) is 14.7 Å². The van der Waals surface area contributed by atoms with Crippen LogP contribution in [0.3, 0.4) is 0 Å². The summed E-state index contributed by atoms with van der Waals surface area (Å²) >= 11 is 0. The minimum atomic E-state index is -0.851. The second-order valence-electron chi connectivity index (χ2n) is 11.2. The van der Waals surface area contributed by atoms with Crippen LogP contribution in [0.2, 0.25) is 0 Å². The van der Waals surface area contributed by atoms with Crippen LogP contribution in [0.15, 0.2) is 52.2 Å². The van der Waals surface area contributed by atoms with Gasteiger partial charge in [0.25, 0.3) is 0 Å². The predicted octanol–water partition coefficient (Wildman–Crippen LogP) is 5.47. The summed E-state index contributed by atoms with van der Waals surface area (Å²) in [6.45, 7) is 4.55. The van der Waals surface area contributed by atoms with Crippen molar-refractivity contribution in [1.82, 2.24) is 0 Å². The lowest BCUT2D eigenvalue weighted by molar-refractivity contribution is -0.128. The van der Waals surface area contributed by atoms with Crippen molar-refractivity contribution < 1.29 is 29.0 Å². The number of methoxy groups -OCH3 is 1. The first-order valence-electron chi connectivity index (χ1n) is 13.4. The summed E-state index contributed by atoms with van der Waals surface area (Å²) in [5.41, 5.74) is 4.99. The standard InChI is InChI=1S/C30H37NO6/c1-4-36-28(33)37-31-17-19-5-7-20(8-6-19)25-16-29(2)26(13-14-30(29,34)18-35-3)24-11-9-21-15-22(32)10-12-23(21)27(24)25/h5-8,15,17,24-26,34H,4,9-14,16,18H2,1-3H3/b31-17+/t24?,25-,26?,29+,30-/m1/s1. The number of allylic oxidation sites excluding steroid dienone is 4. The molecule has 0 aromatic heterocycles. The van der Waals surface area contributed by atoms with E-state index in [1.807, 2.05) is 18.2 Å². The van der Waals surface area contributed by atoms with Crippen LogP contribution in [0.25, 0.3) is 0 Å². The SMILES string of the molecule is CCOC(=O)O/N=C/c1ccc([C@H]2C[C@@]3(C)C(CC[C@@]3(O)COC)C3CCC4=CC(=O)CCC4=C32)cc1. The van der Waals surface area contributed by atoms with Crippen molar-refractivity contribution in [1.29, 1.82) is 0 Å². The van der Waals surface area contributed by atoms with E-state index in [0.717, 1.165) is 44.1 Å². The molecule has 7 nitrogen and oxygen atoms in total. The topological polar surface area (TPSA) is 94.4 Å². The molecule has 2 fully saturated rings. The van der Waals surface area contributed by atoms with E-state index in [0.29, 0.717) is 24.9 Å². The van der Waals surface area contributed by atoms with Crippen LogP contribution in [0.5, 0.6) is 0 Å². The number of aliphatic hydroxyl groups is 1. The van der Waals surface area contributed by atoms with Gasteiger partial charge in [-0.05, 0) is 85.6 Å². The Kier molecular flexibility index (Phi) is 7.12. The number of carbonyl (C=O) groups excluding carboxylic acids is 2. The molecule has 5 rings (SSSR count). The van der Waals surface area contributed by atoms with Gasteiger partial charge in [0.05, 0.1) is 25.0 Å². The molecule has 2 saturated carbocycles. The van der Waals surface area contributed by atoms with E-state index in [1.165, 1.54) is 28.5 Å². The van der Waals surface area contributed by atoms with Crippen LogP contribution in [0.4, 0.5) is 4.79 Å². The first-order chi connectivity index (χ1) is 17.8. The third kappa shape index (κ3) is 4.57. The second-order valence-corrected chi connectivity index (χ2v) is 11.2. The third-order valence-corrected chi connectivity index (χ3v) is 9.37. The molecule has 0 amide bonds. The maximum atomic E-state index is 12.2. The fourth-order valence-electron chi connectivity index (χ4n) is 7.62. The number of fused-ring (bicyclic) bond motifs is 4. The summed E-state index contributed by atoms with van der Waals surface area (Å²) in [6.07, 6.45) is 8.49. The number of oxime groups is 1. The summed E-state index contributed by atoms with van der Waals surface area (Å²) < 4.78 is 10.3. The molecule has 1 N–H and O–H groups in total. The van der Waals surface area contributed by atoms with Gasteiger partial charge < -0.3 is 14.6 Å². The zero-order valence-electron chi connectivity index (χ0n) is 22.0. The van der Waals surface area contributed by atoms with Crippen LogP contribution in [-0.4, -0.2) is 49.2 Å². The second kappa shape index (κ2) is 10.2. The molecular formula is C30H37NO6. The van der Waals surface area contributed by atoms with Crippen molar-refractivity contribution in [3.63, 3.8) is 0 Å². The van der Waals surface area contributed by atoms with Crippen molar-refractivity contribution in [2.75, 3.05) is 20.3 Å². The molecule has 4 aliphatic carbocycles. The Bertz CT molecular complexity index is 1150. The number of carbonyl (C=O) groups is 2. The van der Waals surface area contributed by atoms with Crippen molar-refractivity contribution in [3.8, 4) is 0 Å². The Morgan fingerprint density at radius 3 is 2.70 bits per heavy atom. The number of rotatable bonds is 6. The molecule has 0 spiro atoms. The average Bonchev–Trinajstić information content (AvgIpc) is 3.14. The Labute approximate surface area is 218 Å². The summed E-state index contributed by atoms with van der Waals surface area (Å²) in [5, 5.41) is 15.6.